The van der Waals surface area contributed by atoms with Crippen LogP contribution in [0.4, 0.5) is 5.95 Å². The van der Waals surface area contributed by atoms with Crippen molar-refractivity contribution in [1.82, 2.24) is 9.97 Å². The number of nitrogens with zero attached hydrogens (tertiary/aromatic N) is 2. The molecule has 2 heterocycles. The van der Waals surface area contributed by atoms with Gasteiger partial charge in [0.25, 0.3) is 0 Å². The molecule has 5 nitrogen and oxygen atoms in total. The third-order valence-corrected chi connectivity index (χ3v) is 4.37. The van der Waals surface area contributed by atoms with E-state index in [4.69, 9.17) is 10.6 Å². The number of fused-ring (bicyclic) bond motifs is 1. The van der Waals surface area contributed by atoms with E-state index >= 15 is 0 Å². The summed E-state index contributed by atoms with van der Waals surface area (Å²) < 4.78 is 6.89. The maximum atomic E-state index is 5.85. The highest BCUT2D eigenvalue weighted by molar-refractivity contribution is 9.10. The summed E-state index contributed by atoms with van der Waals surface area (Å²) in [6.07, 6.45) is 0. The van der Waals surface area contributed by atoms with E-state index in [-0.39, 0.29) is 0 Å². The van der Waals surface area contributed by atoms with Gasteiger partial charge in [0.1, 0.15) is 11.4 Å². The molecule has 3 N–H and O–H groups in total. The van der Waals surface area contributed by atoms with E-state index in [1.54, 1.807) is 11.3 Å². The third kappa shape index (κ3) is 3.15. The fraction of sp³-hybridized carbons (Fsp3) is 0.143. The number of halogens is 1. The van der Waals surface area contributed by atoms with Crippen LogP contribution >= 0.6 is 27.3 Å². The summed E-state index contributed by atoms with van der Waals surface area (Å²) in [6, 6.07) is 10.00. The summed E-state index contributed by atoms with van der Waals surface area (Å²) >= 11 is 5.00. The number of hydrogen-bond donors (Lipinski definition) is 2. The standard InChI is InChI=1S/C14H13BrN4OS/c1-8-6-11-12(17-14(19-16)18-13(11)21-8)20-7-9-2-4-10(15)5-3-9/h2-6H,7,16H2,1H3,(H,17,18,19). The van der Waals surface area contributed by atoms with Crippen molar-refractivity contribution < 1.29 is 4.74 Å². The fourth-order valence-corrected chi connectivity index (χ4v) is 3.06. The summed E-state index contributed by atoms with van der Waals surface area (Å²) in [5.74, 6) is 6.31. The topological polar surface area (TPSA) is 73.1 Å². The van der Waals surface area contributed by atoms with Crippen LogP contribution in [0.1, 0.15) is 10.4 Å². The van der Waals surface area contributed by atoms with Gasteiger partial charge in [0, 0.05) is 9.35 Å². The first-order valence-corrected chi connectivity index (χ1v) is 7.88. The van der Waals surface area contributed by atoms with Gasteiger partial charge >= 0.3 is 0 Å². The van der Waals surface area contributed by atoms with Gasteiger partial charge in [0.2, 0.25) is 11.8 Å². The Morgan fingerprint density at radius 3 is 2.76 bits per heavy atom. The zero-order valence-electron chi connectivity index (χ0n) is 11.3. The molecule has 0 unspecified atom stereocenters. The summed E-state index contributed by atoms with van der Waals surface area (Å²) in [7, 11) is 0. The number of hydrazine groups is 1. The van der Waals surface area contributed by atoms with Gasteiger partial charge in [-0.2, -0.15) is 4.98 Å². The predicted octanol–water partition coefficient (Wildman–Crippen LogP) is 3.63. The molecule has 3 aromatic rings. The number of nitrogen functional groups attached to an aromatic ring is 1. The van der Waals surface area contributed by atoms with Crippen LogP contribution in [-0.2, 0) is 6.61 Å². The molecular formula is C14H13BrN4OS. The molecule has 108 valence electrons. The molecule has 0 aliphatic carbocycles. The maximum absolute atomic E-state index is 5.85. The van der Waals surface area contributed by atoms with Crippen molar-refractivity contribution in [3.8, 4) is 5.88 Å². The van der Waals surface area contributed by atoms with Gasteiger partial charge in [-0.25, -0.2) is 10.8 Å². The number of anilines is 1. The van der Waals surface area contributed by atoms with Crippen LogP contribution in [0.3, 0.4) is 0 Å². The minimum atomic E-state index is 0.357. The summed E-state index contributed by atoms with van der Waals surface area (Å²) in [6.45, 7) is 2.47. The van der Waals surface area contributed by atoms with E-state index in [0.717, 1.165) is 25.1 Å². The number of aryl methyl sites for hydroxylation is 1. The molecule has 0 aliphatic heterocycles. The largest absolute Gasteiger partial charge is 0.472 e. The van der Waals surface area contributed by atoms with Crippen molar-refractivity contribution in [2.75, 3.05) is 5.43 Å². The van der Waals surface area contributed by atoms with E-state index in [1.165, 1.54) is 0 Å². The number of aromatic nitrogens is 2. The lowest BCUT2D eigenvalue weighted by Crippen LogP contribution is -2.11. The van der Waals surface area contributed by atoms with E-state index in [0.29, 0.717) is 18.4 Å². The Kier molecular flexibility index (Phi) is 4.05. The first-order chi connectivity index (χ1) is 10.2. The second-order valence-corrected chi connectivity index (χ2v) is 6.64. The van der Waals surface area contributed by atoms with Gasteiger partial charge in [-0.1, -0.05) is 28.1 Å². The molecule has 0 aliphatic rings. The molecule has 0 radical (unpaired) electrons. The van der Waals surface area contributed by atoms with Gasteiger partial charge in [-0.05, 0) is 30.7 Å². The lowest BCUT2D eigenvalue weighted by Gasteiger charge is -2.08. The molecule has 0 saturated carbocycles. The van der Waals surface area contributed by atoms with E-state index < -0.39 is 0 Å². The third-order valence-electron chi connectivity index (χ3n) is 2.90. The number of nitrogens with two attached hydrogens (primary N) is 1. The second-order valence-electron chi connectivity index (χ2n) is 4.49. The Balaban J connectivity index is 1.90. The predicted molar refractivity (Wildman–Crippen MR) is 88.4 cm³/mol. The zero-order chi connectivity index (χ0) is 14.8. The van der Waals surface area contributed by atoms with Crippen LogP contribution in [-0.4, -0.2) is 9.97 Å². The van der Waals surface area contributed by atoms with Crippen molar-refractivity contribution >= 4 is 43.4 Å². The highest BCUT2D eigenvalue weighted by atomic mass is 79.9. The quantitative estimate of drug-likeness (QED) is 0.546. The van der Waals surface area contributed by atoms with Crippen LogP contribution in [0.15, 0.2) is 34.8 Å². The Morgan fingerprint density at radius 2 is 2.05 bits per heavy atom. The van der Waals surface area contributed by atoms with Gasteiger partial charge < -0.3 is 4.74 Å². The normalized spacial score (nSPS) is 10.8. The van der Waals surface area contributed by atoms with Gasteiger partial charge in [0.05, 0.1) is 5.39 Å². The molecule has 0 spiro atoms. The number of benzene rings is 1. The SMILES string of the molecule is Cc1cc2c(OCc3ccc(Br)cc3)nc(NN)nc2s1. The molecule has 0 bridgehead atoms. The Labute approximate surface area is 134 Å². The minimum Gasteiger partial charge on any atom is -0.472 e. The Bertz CT molecular complexity index is 772. The molecule has 2 aromatic heterocycles. The van der Waals surface area contributed by atoms with E-state index in [1.807, 2.05) is 37.3 Å². The Hall–Kier alpha value is -1.70. The van der Waals surface area contributed by atoms with Crippen molar-refractivity contribution in [2.45, 2.75) is 13.5 Å². The monoisotopic (exact) mass is 364 g/mol. The molecule has 7 heteroatoms. The molecule has 1 aromatic carbocycles. The molecule has 3 rings (SSSR count). The van der Waals surface area contributed by atoms with E-state index in [2.05, 4.69) is 31.3 Å². The molecule has 0 fully saturated rings. The van der Waals surface area contributed by atoms with Crippen molar-refractivity contribution in [1.29, 1.82) is 0 Å². The van der Waals surface area contributed by atoms with Gasteiger partial charge in [-0.3, -0.25) is 5.43 Å². The zero-order valence-corrected chi connectivity index (χ0v) is 13.7. The smallest absolute Gasteiger partial charge is 0.241 e. The van der Waals surface area contributed by atoms with Crippen molar-refractivity contribution in [3.05, 3.63) is 45.2 Å². The molecular weight excluding hydrogens is 352 g/mol. The van der Waals surface area contributed by atoms with Crippen LogP contribution in [0, 0.1) is 6.92 Å². The maximum Gasteiger partial charge on any atom is 0.241 e. The Morgan fingerprint density at radius 1 is 1.29 bits per heavy atom. The van der Waals surface area contributed by atoms with Crippen LogP contribution in [0.2, 0.25) is 0 Å². The first kappa shape index (κ1) is 14.2. The minimum absolute atomic E-state index is 0.357. The van der Waals surface area contributed by atoms with Crippen LogP contribution in [0.5, 0.6) is 5.88 Å². The number of nitrogens with one attached hydrogen (secondary N) is 1. The number of hydrogen-bond acceptors (Lipinski definition) is 6. The molecule has 0 saturated heterocycles. The molecule has 0 atom stereocenters. The first-order valence-electron chi connectivity index (χ1n) is 6.28. The van der Waals surface area contributed by atoms with Gasteiger partial charge in [-0.15, -0.1) is 11.3 Å². The lowest BCUT2D eigenvalue weighted by molar-refractivity contribution is 0.298. The van der Waals surface area contributed by atoms with Gasteiger partial charge in [0.15, 0.2) is 0 Å². The van der Waals surface area contributed by atoms with E-state index in [9.17, 15) is 0 Å². The average Bonchev–Trinajstić information content (AvgIpc) is 2.86. The number of thiophene rings is 1. The number of rotatable bonds is 4. The highest BCUT2D eigenvalue weighted by Gasteiger charge is 2.11. The highest BCUT2D eigenvalue weighted by Crippen LogP contribution is 2.31. The summed E-state index contributed by atoms with van der Waals surface area (Å²) in [5, 5.41) is 0.911. The molecule has 0 amide bonds. The average molecular weight is 365 g/mol. The lowest BCUT2D eigenvalue weighted by atomic mass is 10.2. The molecule has 21 heavy (non-hydrogen) atoms. The van der Waals surface area contributed by atoms with Crippen LogP contribution < -0.4 is 16.0 Å². The fourth-order valence-electron chi connectivity index (χ4n) is 1.92. The number of ether oxygens (including phenoxy) is 1. The second kappa shape index (κ2) is 5.97. The van der Waals surface area contributed by atoms with Crippen molar-refractivity contribution in [3.63, 3.8) is 0 Å². The summed E-state index contributed by atoms with van der Waals surface area (Å²) in [5.41, 5.74) is 3.54. The van der Waals surface area contributed by atoms with Crippen LogP contribution in [0.25, 0.3) is 10.2 Å². The summed E-state index contributed by atoms with van der Waals surface area (Å²) in [4.78, 5) is 10.6. The van der Waals surface area contributed by atoms with Crippen molar-refractivity contribution in [2.24, 2.45) is 5.84 Å².